The summed E-state index contributed by atoms with van der Waals surface area (Å²) in [4.78, 5) is 0. The lowest BCUT2D eigenvalue weighted by atomic mass is 10.2. The van der Waals surface area contributed by atoms with E-state index in [9.17, 15) is 4.57 Å². The van der Waals surface area contributed by atoms with Crippen molar-refractivity contribution in [2.75, 3.05) is 32.0 Å². The van der Waals surface area contributed by atoms with E-state index in [1.807, 2.05) is 12.1 Å². The summed E-state index contributed by atoms with van der Waals surface area (Å²) in [7, 11) is -2.35. The topological polar surface area (TPSA) is 47.6 Å². The fraction of sp³-hybridized carbons (Fsp3) is 0.538. The first-order valence-electron chi connectivity index (χ1n) is 6.11. The number of benzene rings is 1. The van der Waals surface area contributed by atoms with Crippen LogP contribution in [0, 0.1) is 5.92 Å². The van der Waals surface area contributed by atoms with Crippen LogP contribution >= 0.6 is 7.14 Å². The third kappa shape index (κ3) is 2.64. The van der Waals surface area contributed by atoms with Gasteiger partial charge in [0.1, 0.15) is 7.14 Å². The van der Waals surface area contributed by atoms with Crippen molar-refractivity contribution in [1.82, 2.24) is 0 Å². The van der Waals surface area contributed by atoms with Crippen LogP contribution in [0.4, 0.5) is 5.69 Å². The monoisotopic (exact) mass is 269 g/mol. The Balaban J connectivity index is 2.36. The number of rotatable bonds is 4. The van der Waals surface area contributed by atoms with Crippen molar-refractivity contribution >= 4 is 18.1 Å². The average Bonchev–Trinajstić information content (AvgIpc) is 2.72. The van der Waals surface area contributed by atoms with Crippen molar-refractivity contribution in [3.05, 3.63) is 12.1 Å². The highest BCUT2D eigenvalue weighted by Crippen LogP contribution is 2.46. The van der Waals surface area contributed by atoms with Gasteiger partial charge in [-0.3, -0.25) is 0 Å². The lowest BCUT2D eigenvalue weighted by Crippen LogP contribution is -2.10. The fourth-order valence-electron chi connectivity index (χ4n) is 1.86. The van der Waals surface area contributed by atoms with E-state index in [0.717, 1.165) is 17.5 Å². The molecule has 100 valence electrons. The summed E-state index contributed by atoms with van der Waals surface area (Å²) in [5, 5.41) is 4.08. The maximum absolute atomic E-state index is 12.2. The largest absolute Gasteiger partial charge is 0.453 e. The Morgan fingerprint density at radius 2 is 1.94 bits per heavy atom. The van der Waals surface area contributed by atoms with E-state index in [4.69, 9.17) is 9.47 Å². The number of ether oxygens (including phenoxy) is 2. The molecule has 0 unspecified atom stereocenters. The summed E-state index contributed by atoms with van der Waals surface area (Å²) in [6.07, 6.45) is 0. The highest BCUT2D eigenvalue weighted by atomic mass is 31.2. The Morgan fingerprint density at radius 3 is 2.56 bits per heavy atom. The number of nitrogens with one attached hydrogen (secondary N) is 1. The van der Waals surface area contributed by atoms with Gasteiger partial charge in [0, 0.05) is 6.54 Å². The van der Waals surface area contributed by atoms with E-state index in [-0.39, 0.29) is 6.79 Å². The van der Waals surface area contributed by atoms with Gasteiger partial charge in [0.2, 0.25) is 6.79 Å². The molecule has 0 atom stereocenters. The average molecular weight is 269 g/mol. The summed E-state index contributed by atoms with van der Waals surface area (Å²) in [5.41, 5.74) is 0.911. The molecule has 0 saturated carbocycles. The van der Waals surface area contributed by atoms with Crippen molar-refractivity contribution < 1.29 is 14.0 Å². The fourth-order valence-corrected chi connectivity index (χ4v) is 2.95. The molecule has 5 heteroatoms. The number of hydrogen-bond donors (Lipinski definition) is 1. The van der Waals surface area contributed by atoms with Crippen LogP contribution in [0.2, 0.25) is 0 Å². The molecule has 0 aromatic heterocycles. The van der Waals surface area contributed by atoms with E-state index in [1.165, 1.54) is 0 Å². The van der Waals surface area contributed by atoms with Crippen molar-refractivity contribution in [1.29, 1.82) is 0 Å². The van der Waals surface area contributed by atoms with Gasteiger partial charge in [-0.2, -0.15) is 0 Å². The van der Waals surface area contributed by atoms with E-state index in [2.05, 4.69) is 19.2 Å². The smallest absolute Gasteiger partial charge is 0.231 e. The van der Waals surface area contributed by atoms with Crippen molar-refractivity contribution in [3.63, 3.8) is 0 Å². The first-order valence-corrected chi connectivity index (χ1v) is 8.71. The quantitative estimate of drug-likeness (QED) is 0.854. The van der Waals surface area contributed by atoms with Crippen molar-refractivity contribution in [3.8, 4) is 11.5 Å². The van der Waals surface area contributed by atoms with Gasteiger partial charge in [0.15, 0.2) is 11.5 Å². The maximum atomic E-state index is 12.2. The van der Waals surface area contributed by atoms with Crippen LogP contribution in [0.25, 0.3) is 0 Å². The summed E-state index contributed by atoms with van der Waals surface area (Å²) in [6, 6.07) is 3.79. The molecule has 2 rings (SSSR count). The molecule has 0 fully saturated rings. The Bertz CT molecular complexity index is 493. The van der Waals surface area contributed by atoms with Gasteiger partial charge in [-0.25, -0.2) is 0 Å². The van der Waals surface area contributed by atoms with Crippen LogP contribution < -0.4 is 20.1 Å². The van der Waals surface area contributed by atoms with Crippen LogP contribution in [-0.4, -0.2) is 26.7 Å². The zero-order valence-electron chi connectivity index (χ0n) is 11.3. The predicted octanol–water partition coefficient (Wildman–Crippen LogP) is 2.73. The second kappa shape index (κ2) is 4.85. The summed E-state index contributed by atoms with van der Waals surface area (Å²) in [5.74, 6) is 1.88. The molecule has 0 bridgehead atoms. The van der Waals surface area contributed by atoms with Gasteiger partial charge in [0.25, 0.3) is 0 Å². The lowest BCUT2D eigenvalue weighted by molar-refractivity contribution is 0.175. The number of fused-ring (bicyclic) bond motifs is 1. The van der Waals surface area contributed by atoms with E-state index < -0.39 is 7.14 Å². The highest BCUT2D eigenvalue weighted by Gasteiger charge is 2.27. The van der Waals surface area contributed by atoms with Gasteiger partial charge in [-0.15, -0.1) is 0 Å². The van der Waals surface area contributed by atoms with Crippen LogP contribution in [-0.2, 0) is 4.57 Å². The van der Waals surface area contributed by atoms with E-state index in [0.29, 0.717) is 17.4 Å². The predicted molar refractivity (Wildman–Crippen MR) is 75.0 cm³/mol. The Kier molecular flexibility index (Phi) is 3.58. The minimum Gasteiger partial charge on any atom is -0.453 e. The SMILES string of the molecule is CC(C)CNc1ccc(P(C)(C)=O)c2c1OCO2. The minimum atomic E-state index is -2.35. The summed E-state index contributed by atoms with van der Waals surface area (Å²) in [6.45, 7) is 8.83. The molecule has 0 saturated heterocycles. The first-order chi connectivity index (χ1) is 8.39. The van der Waals surface area contributed by atoms with Crippen LogP contribution in [0.1, 0.15) is 13.8 Å². The molecule has 1 heterocycles. The van der Waals surface area contributed by atoms with Gasteiger partial charge in [-0.1, -0.05) is 13.8 Å². The molecule has 0 aliphatic carbocycles. The molecule has 1 aromatic rings. The lowest BCUT2D eigenvalue weighted by Gasteiger charge is -2.15. The maximum Gasteiger partial charge on any atom is 0.231 e. The molecular weight excluding hydrogens is 249 g/mol. The molecule has 1 aliphatic rings. The third-order valence-electron chi connectivity index (χ3n) is 2.78. The highest BCUT2D eigenvalue weighted by molar-refractivity contribution is 7.70. The Labute approximate surface area is 108 Å². The zero-order valence-corrected chi connectivity index (χ0v) is 12.2. The van der Waals surface area contributed by atoms with Gasteiger partial charge >= 0.3 is 0 Å². The summed E-state index contributed by atoms with van der Waals surface area (Å²) < 4.78 is 23.2. The molecule has 1 aliphatic heterocycles. The van der Waals surface area contributed by atoms with Crippen LogP contribution in [0.3, 0.4) is 0 Å². The minimum absolute atomic E-state index is 0.197. The molecule has 1 aromatic carbocycles. The Hall–Kier alpha value is -1.15. The molecule has 4 nitrogen and oxygen atoms in total. The third-order valence-corrected chi connectivity index (χ3v) is 4.29. The number of anilines is 1. The van der Waals surface area contributed by atoms with Gasteiger partial charge in [-0.05, 0) is 31.4 Å². The second-order valence-electron chi connectivity index (χ2n) is 5.32. The molecule has 0 spiro atoms. The van der Waals surface area contributed by atoms with E-state index >= 15 is 0 Å². The zero-order chi connectivity index (χ0) is 13.3. The summed E-state index contributed by atoms with van der Waals surface area (Å²) >= 11 is 0. The Morgan fingerprint density at radius 1 is 1.28 bits per heavy atom. The first kappa shape index (κ1) is 13.3. The van der Waals surface area contributed by atoms with Crippen LogP contribution in [0.15, 0.2) is 12.1 Å². The molecule has 0 radical (unpaired) electrons. The molecule has 18 heavy (non-hydrogen) atoms. The normalized spacial score (nSPS) is 14.1. The molecular formula is C13H20NO3P. The van der Waals surface area contributed by atoms with Gasteiger partial charge in [0.05, 0.1) is 11.0 Å². The van der Waals surface area contributed by atoms with Gasteiger partial charge < -0.3 is 19.4 Å². The van der Waals surface area contributed by atoms with Crippen LogP contribution in [0.5, 0.6) is 11.5 Å². The van der Waals surface area contributed by atoms with E-state index in [1.54, 1.807) is 13.3 Å². The standard InChI is InChI=1S/C13H20NO3P/c1-9(2)7-14-10-5-6-11(18(3,4)15)13-12(10)16-8-17-13/h5-6,9,14H,7-8H2,1-4H3. The molecule has 1 N–H and O–H groups in total. The van der Waals surface area contributed by atoms with Crippen molar-refractivity contribution in [2.24, 2.45) is 5.92 Å². The molecule has 0 amide bonds. The number of hydrogen-bond acceptors (Lipinski definition) is 4. The second-order valence-corrected chi connectivity index (χ2v) is 8.51. The van der Waals surface area contributed by atoms with Crippen molar-refractivity contribution in [2.45, 2.75) is 13.8 Å².